The van der Waals surface area contributed by atoms with Gasteiger partial charge < -0.3 is 5.32 Å². The lowest BCUT2D eigenvalue weighted by atomic mass is 10.2. The Morgan fingerprint density at radius 1 is 1.43 bits per heavy atom. The van der Waals surface area contributed by atoms with Gasteiger partial charge in [0.2, 0.25) is 0 Å². The number of carbonyl (C=O) groups is 1. The number of amides is 1. The molecule has 0 unspecified atom stereocenters. The highest BCUT2D eigenvalue weighted by molar-refractivity contribution is 6.02. The van der Waals surface area contributed by atoms with E-state index in [-0.39, 0.29) is 11.3 Å². The Balaban J connectivity index is 2.87. The van der Waals surface area contributed by atoms with Gasteiger partial charge in [0, 0.05) is 11.6 Å². The van der Waals surface area contributed by atoms with Crippen molar-refractivity contribution < 1.29 is 13.6 Å². The Morgan fingerprint density at radius 3 is 2.57 bits per heavy atom. The lowest BCUT2D eigenvalue weighted by molar-refractivity contribution is -0.112. The summed E-state index contributed by atoms with van der Waals surface area (Å²) in [7, 11) is 0. The van der Waals surface area contributed by atoms with Gasteiger partial charge in [-0.15, -0.1) is 0 Å². The first kappa shape index (κ1) is 10.4. The smallest absolute Gasteiger partial charge is 0.250 e. The van der Waals surface area contributed by atoms with Crippen LogP contribution in [0.2, 0.25) is 0 Å². The molecule has 0 aliphatic heterocycles. The molecule has 0 aliphatic carbocycles. The van der Waals surface area contributed by atoms with Crippen LogP contribution in [0.1, 0.15) is 6.92 Å². The second-order valence-corrected chi connectivity index (χ2v) is 2.86. The van der Waals surface area contributed by atoms with Crippen LogP contribution in [0, 0.1) is 11.6 Å². The van der Waals surface area contributed by atoms with E-state index >= 15 is 0 Å². The summed E-state index contributed by atoms with van der Waals surface area (Å²) < 4.78 is 25.5. The monoisotopic (exact) mass is 197 g/mol. The molecule has 1 aromatic rings. The van der Waals surface area contributed by atoms with Crippen LogP contribution in [0.3, 0.4) is 0 Å². The van der Waals surface area contributed by atoms with E-state index in [9.17, 15) is 13.6 Å². The minimum absolute atomic E-state index is 0.0561. The maximum atomic E-state index is 13.0. The van der Waals surface area contributed by atoms with Crippen LogP contribution in [-0.4, -0.2) is 5.91 Å². The summed E-state index contributed by atoms with van der Waals surface area (Å²) in [6, 6.07) is 2.93. The van der Waals surface area contributed by atoms with E-state index in [2.05, 4.69) is 11.9 Å². The standard InChI is InChI=1S/C10H9F2NO/c1-6(2)10(14)13-9-4-3-7(11)5-8(9)12/h3-5H,1H2,2H3,(H,13,14). The fourth-order valence-electron chi connectivity index (χ4n) is 0.820. The molecular formula is C10H9F2NO. The third-order valence-electron chi connectivity index (χ3n) is 1.57. The van der Waals surface area contributed by atoms with E-state index in [1.165, 1.54) is 6.92 Å². The first-order valence-corrected chi connectivity index (χ1v) is 3.92. The van der Waals surface area contributed by atoms with Crippen LogP contribution in [-0.2, 0) is 4.79 Å². The predicted octanol–water partition coefficient (Wildman–Crippen LogP) is 2.48. The normalized spacial score (nSPS) is 9.64. The molecule has 14 heavy (non-hydrogen) atoms. The molecule has 1 aromatic carbocycles. The molecule has 0 aliphatic rings. The lowest BCUT2D eigenvalue weighted by Crippen LogP contribution is -2.12. The molecule has 1 N–H and O–H groups in total. The first-order valence-electron chi connectivity index (χ1n) is 3.92. The van der Waals surface area contributed by atoms with Crippen molar-refractivity contribution in [1.29, 1.82) is 0 Å². The molecule has 2 nitrogen and oxygen atoms in total. The fraction of sp³-hybridized carbons (Fsp3) is 0.100. The van der Waals surface area contributed by atoms with Gasteiger partial charge in [0.05, 0.1) is 5.69 Å². The van der Waals surface area contributed by atoms with Crippen molar-refractivity contribution in [2.45, 2.75) is 6.92 Å². The van der Waals surface area contributed by atoms with Gasteiger partial charge in [0.25, 0.3) is 5.91 Å². The van der Waals surface area contributed by atoms with Gasteiger partial charge in [0.1, 0.15) is 11.6 Å². The molecule has 1 amide bonds. The molecule has 0 saturated carbocycles. The molecule has 0 saturated heterocycles. The molecule has 4 heteroatoms. The molecule has 0 spiro atoms. The Hall–Kier alpha value is -1.71. The van der Waals surface area contributed by atoms with Crippen molar-refractivity contribution in [1.82, 2.24) is 0 Å². The molecule has 0 fully saturated rings. The highest BCUT2D eigenvalue weighted by Crippen LogP contribution is 2.15. The van der Waals surface area contributed by atoms with Crippen molar-refractivity contribution in [2.75, 3.05) is 5.32 Å². The molecule has 74 valence electrons. The second-order valence-electron chi connectivity index (χ2n) is 2.86. The summed E-state index contributed by atoms with van der Waals surface area (Å²) in [6.45, 7) is 4.89. The molecule has 0 radical (unpaired) electrons. The van der Waals surface area contributed by atoms with Gasteiger partial charge >= 0.3 is 0 Å². The number of anilines is 1. The lowest BCUT2D eigenvalue weighted by Gasteiger charge is -2.05. The summed E-state index contributed by atoms with van der Waals surface area (Å²) in [5, 5.41) is 2.26. The number of halogens is 2. The number of rotatable bonds is 2. The highest BCUT2D eigenvalue weighted by Gasteiger charge is 2.07. The molecule has 0 heterocycles. The van der Waals surface area contributed by atoms with Crippen molar-refractivity contribution in [3.8, 4) is 0 Å². The second kappa shape index (κ2) is 4.00. The number of carbonyl (C=O) groups excluding carboxylic acids is 1. The highest BCUT2D eigenvalue weighted by atomic mass is 19.1. The van der Waals surface area contributed by atoms with Crippen LogP contribution >= 0.6 is 0 Å². The van der Waals surface area contributed by atoms with Gasteiger partial charge in [-0.25, -0.2) is 8.78 Å². The zero-order chi connectivity index (χ0) is 10.7. The maximum Gasteiger partial charge on any atom is 0.250 e. The zero-order valence-electron chi connectivity index (χ0n) is 7.60. The first-order chi connectivity index (χ1) is 6.50. The van der Waals surface area contributed by atoms with Crippen molar-refractivity contribution in [3.05, 3.63) is 42.0 Å². The summed E-state index contributed by atoms with van der Waals surface area (Å²) in [6.07, 6.45) is 0. The Bertz CT molecular complexity index is 388. The summed E-state index contributed by atoms with van der Waals surface area (Å²) in [4.78, 5) is 11.1. The van der Waals surface area contributed by atoms with Gasteiger partial charge in [-0.1, -0.05) is 6.58 Å². The maximum absolute atomic E-state index is 13.0. The topological polar surface area (TPSA) is 29.1 Å². The van der Waals surface area contributed by atoms with Gasteiger partial charge in [-0.2, -0.15) is 0 Å². The van der Waals surface area contributed by atoms with Crippen LogP contribution in [0.4, 0.5) is 14.5 Å². The average Bonchev–Trinajstić information content (AvgIpc) is 2.09. The van der Waals surface area contributed by atoms with E-state index in [1.807, 2.05) is 0 Å². The largest absolute Gasteiger partial charge is 0.320 e. The minimum Gasteiger partial charge on any atom is -0.320 e. The SMILES string of the molecule is C=C(C)C(=O)Nc1ccc(F)cc1F. The van der Waals surface area contributed by atoms with Crippen molar-refractivity contribution in [2.24, 2.45) is 0 Å². The van der Waals surface area contributed by atoms with Gasteiger partial charge in [0.15, 0.2) is 0 Å². The molecule has 0 atom stereocenters. The van der Waals surface area contributed by atoms with Crippen LogP contribution in [0.25, 0.3) is 0 Å². The van der Waals surface area contributed by atoms with Crippen LogP contribution in [0.15, 0.2) is 30.4 Å². The van der Waals surface area contributed by atoms with Crippen molar-refractivity contribution >= 4 is 11.6 Å². The van der Waals surface area contributed by atoms with E-state index in [1.54, 1.807) is 0 Å². The van der Waals surface area contributed by atoms with Crippen LogP contribution in [0.5, 0.6) is 0 Å². The summed E-state index contributed by atoms with van der Waals surface area (Å²) in [5.74, 6) is -1.98. The predicted molar refractivity (Wildman–Crippen MR) is 49.8 cm³/mol. The molecule has 0 bridgehead atoms. The Labute approximate surface area is 80.2 Å². The van der Waals surface area contributed by atoms with Gasteiger partial charge in [-0.05, 0) is 19.1 Å². The van der Waals surface area contributed by atoms with Crippen LogP contribution < -0.4 is 5.32 Å². The quantitative estimate of drug-likeness (QED) is 0.725. The summed E-state index contributed by atoms with van der Waals surface area (Å²) in [5.41, 5.74) is 0.202. The van der Waals surface area contributed by atoms with E-state index in [0.717, 1.165) is 12.1 Å². The average molecular weight is 197 g/mol. The van der Waals surface area contributed by atoms with Gasteiger partial charge in [-0.3, -0.25) is 4.79 Å². The number of hydrogen-bond acceptors (Lipinski definition) is 1. The molecular weight excluding hydrogens is 188 g/mol. The van der Waals surface area contributed by atoms with E-state index in [0.29, 0.717) is 6.07 Å². The number of benzene rings is 1. The Morgan fingerprint density at radius 2 is 2.07 bits per heavy atom. The zero-order valence-corrected chi connectivity index (χ0v) is 7.60. The minimum atomic E-state index is -0.806. The fourth-order valence-corrected chi connectivity index (χ4v) is 0.820. The van der Waals surface area contributed by atoms with E-state index in [4.69, 9.17) is 0 Å². The van der Waals surface area contributed by atoms with Crippen molar-refractivity contribution in [3.63, 3.8) is 0 Å². The molecule has 0 aromatic heterocycles. The molecule has 1 rings (SSSR count). The third kappa shape index (κ3) is 2.39. The number of hydrogen-bond donors (Lipinski definition) is 1. The summed E-state index contributed by atoms with van der Waals surface area (Å²) >= 11 is 0. The number of nitrogens with one attached hydrogen (secondary N) is 1. The van der Waals surface area contributed by atoms with E-state index < -0.39 is 17.5 Å². The Kier molecular flexibility index (Phi) is 2.96. The third-order valence-corrected chi connectivity index (χ3v) is 1.57.